The van der Waals surface area contributed by atoms with Gasteiger partial charge in [-0.3, -0.25) is 19.0 Å². The van der Waals surface area contributed by atoms with Crippen molar-refractivity contribution in [3.63, 3.8) is 0 Å². The van der Waals surface area contributed by atoms with E-state index in [4.69, 9.17) is 0 Å². The largest absolute Gasteiger partial charge is 0.508 e. The van der Waals surface area contributed by atoms with Gasteiger partial charge in [0, 0.05) is 105 Å². The third kappa shape index (κ3) is 7.93. The van der Waals surface area contributed by atoms with Crippen LogP contribution < -0.4 is 9.80 Å². The SMILES string of the molecule is Cc1c(N(C(=O)c2cc(-c3cc4c(cc3C(=O)[N+]3(C)Cc5ccccc5C[C@H]3C)CN(C(=O)C(F)(F)c3ccc(N5CCN(C)CC5)cc3)CC4)n(C)c2C)c2ccc(O)cc2)cc(C#N)n1C. The van der Waals surface area contributed by atoms with Crippen LogP contribution in [0.3, 0.4) is 0 Å². The maximum absolute atomic E-state index is 16.3. The van der Waals surface area contributed by atoms with Crippen molar-refractivity contribution in [1.29, 1.82) is 5.26 Å². The molecule has 2 aromatic heterocycles. The Labute approximate surface area is 396 Å². The summed E-state index contributed by atoms with van der Waals surface area (Å²) >= 11 is 0. The van der Waals surface area contributed by atoms with E-state index in [-0.39, 0.29) is 53.2 Å². The quantitative estimate of drug-likeness (QED) is 0.153. The minimum absolute atomic E-state index is 0.0296. The number of quaternary nitrogens is 1. The monoisotopic (exact) mass is 919 g/mol. The van der Waals surface area contributed by atoms with E-state index >= 15 is 18.4 Å². The summed E-state index contributed by atoms with van der Waals surface area (Å²) in [5, 5.41) is 20.1. The van der Waals surface area contributed by atoms with Crippen molar-refractivity contribution >= 4 is 34.8 Å². The molecule has 0 bridgehead atoms. The third-order valence-electron chi connectivity index (χ3n) is 15.0. The summed E-state index contributed by atoms with van der Waals surface area (Å²) in [6.45, 7) is 9.44. The average molecular weight is 920 g/mol. The van der Waals surface area contributed by atoms with Crippen LogP contribution in [0.15, 0.2) is 97.1 Å². The van der Waals surface area contributed by atoms with Gasteiger partial charge in [-0.15, -0.1) is 0 Å². The first-order chi connectivity index (χ1) is 32.4. The number of carbonyl (C=O) groups is 3. The Morgan fingerprint density at radius 1 is 0.794 bits per heavy atom. The van der Waals surface area contributed by atoms with Crippen LogP contribution >= 0.6 is 0 Å². The van der Waals surface area contributed by atoms with Crippen LogP contribution in [-0.2, 0) is 50.7 Å². The van der Waals surface area contributed by atoms with Gasteiger partial charge in [-0.05, 0) is 112 Å². The summed E-state index contributed by atoms with van der Waals surface area (Å²) in [5.41, 5.74) is 8.72. The zero-order chi connectivity index (χ0) is 48.4. The lowest BCUT2D eigenvalue weighted by Gasteiger charge is -2.42. The van der Waals surface area contributed by atoms with Gasteiger partial charge >= 0.3 is 11.8 Å². The number of phenolic OH excluding ortho intramolecular Hbond substituents is 1. The predicted molar refractivity (Wildman–Crippen MR) is 258 cm³/mol. The lowest BCUT2D eigenvalue weighted by Crippen LogP contribution is -2.57. The second-order valence-corrected chi connectivity index (χ2v) is 19.0. The van der Waals surface area contributed by atoms with Crippen molar-refractivity contribution in [2.24, 2.45) is 14.1 Å². The smallest absolute Gasteiger partial charge is 0.349 e. The van der Waals surface area contributed by atoms with Crippen LogP contribution in [0.2, 0.25) is 0 Å². The summed E-state index contributed by atoms with van der Waals surface area (Å²) in [6.07, 6.45) is 0.947. The molecule has 3 aliphatic heterocycles. The zero-order valence-corrected chi connectivity index (χ0v) is 39.7. The van der Waals surface area contributed by atoms with Gasteiger partial charge in [-0.2, -0.15) is 14.0 Å². The lowest BCUT2D eigenvalue weighted by molar-refractivity contribution is -0.868. The van der Waals surface area contributed by atoms with E-state index < -0.39 is 11.8 Å². The number of benzene rings is 4. The maximum atomic E-state index is 16.3. The van der Waals surface area contributed by atoms with E-state index in [1.54, 1.807) is 54.1 Å². The van der Waals surface area contributed by atoms with Gasteiger partial charge in [0.15, 0.2) is 0 Å². The van der Waals surface area contributed by atoms with E-state index in [0.29, 0.717) is 69.4 Å². The first-order valence-corrected chi connectivity index (χ1v) is 23.1. The fraction of sp³-hybridized carbons (Fsp3) is 0.333. The van der Waals surface area contributed by atoms with Gasteiger partial charge in [0.1, 0.15) is 24.1 Å². The van der Waals surface area contributed by atoms with Crippen LogP contribution in [0.5, 0.6) is 5.75 Å². The highest BCUT2D eigenvalue weighted by molar-refractivity contribution is 6.13. The molecule has 0 spiro atoms. The molecule has 350 valence electrons. The highest BCUT2D eigenvalue weighted by Crippen LogP contribution is 2.41. The molecule has 2 atom stereocenters. The van der Waals surface area contributed by atoms with Crippen molar-refractivity contribution in [2.45, 2.75) is 58.7 Å². The van der Waals surface area contributed by atoms with Gasteiger partial charge in [-0.1, -0.05) is 36.4 Å². The number of anilines is 3. The summed E-state index contributed by atoms with van der Waals surface area (Å²) in [7, 11) is 7.60. The number of alkyl halides is 2. The number of phenols is 1. The number of aromatic hydroxyl groups is 1. The van der Waals surface area contributed by atoms with Crippen LogP contribution in [0.1, 0.15) is 72.5 Å². The van der Waals surface area contributed by atoms with Crippen LogP contribution in [-0.4, -0.2) is 99.1 Å². The van der Waals surface area contributed by atoms with Crippen molar-refractivity contribution in [3.05, 3.63) is 153 Å². The zero-order valence-electron chi connectivity index (χ0n) is 39.7. The van der Waals surface area contributed by atoms with Crippen molar-refractivity contribution in [3.8, 4) is 23.1 Å². The molecule has 3 aliphatic rings. The van der Waals surface area contributed by atoms with Gasteiger partial charge in [0.2, 0.25) is 0 Å². The molecule has 0 radical (unpaired) electrons. The number of nitrogens with zero attached hydrogens (tertiary/aromatic N) is 8. The molecule has 9 rings (SSSR count). The molecule has 0 aliphatic carbocycles. The van der Waals surface area contributed by atoms with Crippen molar-refractivity contribution in [2.75, 3.05) is 56.6 Å². The summed E-state index contributed by atoms with van der Waals surface area (Å²) < 4.78 is 36.2. The minimum Gasteiger partial charge on any atom is -0.508 e. The number of rotatable bonds is 8. The Balaban J connectivity index is 1.10. The molecule has 0 saturated carbocycles. The first-order valence-electron chi connectivity index (χ1n) is 23.1. The minimum atomic E-state index is -3.78. The lowest BCUT2D eigenvalue weighted by atomic mass is 9.88. The summed E-state index contributed by atoms with van der Waals surface area (Å²) in [6, 6.07) is 29.7. The van der Waals surface area contributed by atoms with Gasteiger partial charge < -0.3 is 28.9 Å². The molecule has 1 saturated heterocycles. The molecule has 4 aromatic carbocycles. The molecule has 68 heavy (non-hydrogen) atoms. The molecular weight excluding hydrogens is 863 g/mol. The Bertz CT molecular complexity index is 3010. The number of hydrogen-bond donors (Lipinski definition) is 1. The number of fused-ring (bicyclic) bond motifs is 2. The number of carbonyl (C=O) groups excluding carboxylic acids is 3. The summed E-state index contributed by atoms with van der Waals surface area (Å²) in [4.78, 5) is 51.6. The number of piperazine rings is 1. The maximum Gasteiger partial charge on any atom is 0.349 e. The Morgan fingerprint density at radius 3 is 2.13 bits per heavy atom. The molecule has 14 heteroatoms. The number of halogens is 2. The number of likely N-dealkylation sites (N-methyl/N-ethyl adjacent to an activating group) is 2. The topological polar surface area (TPSA) is 118 Å². The molecule has 12 nitrogen and oxygen atoms in total. The van der Waals surface area contributed by atoms with Crippen molar-refractivity contribution in [1.82, 2.24) is 18.9 Å². The van der Waals surface area contributed by atoms with E-state index in [1.165, 1.54) is 39.6 Å². The van der Waals surface area contributed by atoms with Crippen molar-refractivity contribution < 1.29 is 32.8 Å². The third-order valence-corrected chi connectivity index (χ3v) is 15.0. The number of aromatic nitrogens is 2. The van der Waals surface area contributed by atoms with E-state index in [0.717, 1.165) is 43.0 Å². The number of amides is 3. The number of nitriles is 1. The molecule has 1 fully saturated rings. The number of hydrogen-bond acceptors (Lipinski definition) is 7. The van der Waals surface area contributed by atoms with E-state index in [2.05, 4.69) is 42.0 Å². The standard InChI is InChI=1S/C54H56F2N8O4/c1-34-26-37-10-8-9-11-39(37)33-64(34,7)52(67)48-28-40-32-62(53(68)54(55,56)41-12-14-42(15-13-41)61-24-22-58(4)23-25-61)21-20-38(40)27-47(48)50-30-46(35(2)60(50)6)51(66)63(43-16-18-45(65)19-17-43)49-29-44(31-57)59(5)36(49)3/h8-19,27-30,34H,20-26,32-33H2,1-7H3/p+1/t34-,64?/m1/s1. The fourth-order valence-corrected chi connectivity index (χ4v) is 10.2. The predicted octanol–water partition coefficient (Wildman–Crippen LogP) is 8.36. The Morgan fingerprint density at radius 2 is 1.47 bits per heavy atom. The normalized spacial score (nSPS) is 18.4. The Hall–Kier alpha value is -7.08. The highest BCUT2D eigenvalue weighted by Gasteiger charge is 2.47. The van der Waals surface area contributed by atoms with E-state index in [1.807, 2.05) is 50.7 Å². The van der Waals surface area contributed by atoms with Crippen LogP contribution in [0, 0.1) is 25.2 Å². The second kappa shape index (κ2) is 17.5. The van der Waals surface area contributed by atoms with Gasteiger partial charge in [0.25, 0.3) is 11.8 Å². The van der Waals surface area contributed by atoms with Crippen LogP contribution in [0.4, 0.5) is 25.8 Å². The first kappa shape index (κ1) is 46.0. The highest BCUT2D eigenvalue weighted by atomic mass is 19.3. The van der Waals surface area contributed by atoms with Gasteiger partial charge in [0.05, 0.1) is 29.9 Å². The molecule has 3 amide bonds. The molecule has 6 aromatic rings. The Kier molecular flexibility index (Phi) is 11.9. The average Bonchev–Trinajstić information content (AvgIpc) is 3.80. The fourth-order valence-electron chi connectivity index (χ4n) is 10.2. The summed E-state index contributed by atoms with van der Waals surface area (Å²) in [5.74, 6) is -5.59. The second-order valence-electron chi connectivity index (χ2n) is 19.0. The molecular formula is C54H57F2N8O4+. The molecule has 5 heterocycles. The molecule has 1 unspecified atom stereocenters. The van der Waals surface area contributed by atoms with Crippen LogP contribution in [0.25, 0.3) is 11.3 Å². The van der Waals surface area contributed by atoms with Gasteiger partial charge in [-0.25, -0.2) is 4.79 Å². The molecule has 1 N–H and O–H groups in total. The van der Waals surface area contributed by atoms with E-state index in [9.17, 15) is 15.2 Å².